The van der Waals surface area contributed by atoms with Crippen LogP contribution >= 0.6 is 172 Å². The fraction of sp³-hybridized carbons (Fsp3) is 0.440. The summed E-state index contributed by atoms with van der Waals surface area (Å²) >= 11 is 51.1. The van der Waals surface area contributed by atoms with E-state index < -0.39 is 24.4 Å². The van der Waals surface area contributed by atoms with Crippen molar-refractivity contribution in [3.8, 4) is 46.0 Å². The van der Waals surface area contributed by atoms with Gasteiger partial charge >= 0.3 is 0 Å². The monoisotopic (exact) mass is 2480 g/mol. The van der Waals surface area contributed by atoms with E-state index in [0.717, 1.165) is 44.7 Å². The second-order valence-corrected chi connectivity index (χ2v) is 42.4. The molecule has 0 radical (unpaired) electrons. The van der Waals surface area contributed by atoms with Gasteiger partial charge in [-0.05, 0) is 232 Å². The molecule has 39 heteroatoms. The number of rotatable bonds is 48. The first kappa shape index (κ1) is 116. The molecule has 754 valence electrons. The average Bonchev–Trinajstić information content (AvgIpc) is 1.76. The minimum absolute atomic E-state index is 0.104. The summed E-state index contributed by atoms with van der Waals surface area (Å²) in [5.74, 6) is 8.68. The maximum atomic E-state index is 10.3. The van der Waals surface area contributed by atoms with Gasteiger partial charge in [0.2, 0.25) is 0 Å². The van der Waals surface area contributed by atoms with Crippen molar-refractivity contribution < 1.29 is 78.7 Å². The second-order valence-electron chi connectivity index (χ2n) is 35.9. The first-order valence-corrected chi connectivity index (χ1v) is 52.4. The van der Waals surface area contributed by atoms with E-state index in [1.807, 2.05) is 275 Å². The van der Waals surface area contributed by atoms with Gasteiger partial charge in [-0.2, -0.15) is 0 Å². The lowest BCUT2D eigenvalue weighted by atomic mass is 9.78. The molecule has 0 aliphatic heterocycles. The standard InChI is InChI=1S/3C25H30Cl2IN3O4.C25H31ClIN3O4/c3*1-16(11-26)14-35-23-9-6-18(10-21(23)27)25(2,3)17-4-7-20(8-5-17)34-15-19(33)12-31-24(28)22(13-32)29-30-31;1-17(12-26)15-33-21-8-4-18(5-9-21)25(2,3)19-6-10-22(11-7-19)34-16-20(32)13-30-24(27)23(14-31)28-29-30/h3*4-10,16,19,32-33H,11-15H2,1-3H3;4-11,17,20,31-32H,12-16H2,1-3H3/t2*16-,19-;;17-,20+/m10.1/s1/i3*28-4;27-4. The maximum absolute atomic E-state index is 10.3. The van der Waals surface area contributed by atoms with Gasteiger partial charge in [-0.3, -0.25) is 0 Å². The molecule has 0 saturated carbocycles. The van der Waals surface area contributed by atoms with E-state index >= 15 is 0 Å². The summed E-state index contributed by atoms with van der Waals surface area (Å²) in [7, 11) is 0. The number of benzene rings is 8. The molecule has 0 bridgehead atoms. The van der Waals surface area contributed by atoms with E-state index in [1.165, 1.54) is 5.56 Å². The van der Waals surface area contributed by atoms with Crippen molar-refractivity contribution in [2.45, 2.75) is 182 Å². The molecule has 8 N–H and O–H groups in total. The highest BCUT2D eigenvalue weighted by Crippen LogP contribution is 2.42. The van der Waals surface area contributed by atoms with Crippen LogP contribution in [-0.2, 0) is 74.3 Å². The minimum Gasteiger partial charge on any atom is -0.493 e. The molecule has 28 nitrogen and oxygen atoms in total. The molecule has 2 unspecified atom stereocenters. The molecule has 0 aliphatic carbocycles. The molecule has 0 aliphatic rings. The highest BCUT2D eigenvalue weighted by atomic mass is 123. The quantitative estimate of drug-likeness (QED) is 0.0130. The first-order valence-electron chi connectivity index (χ1n) is 44.9. The Morgan fingerprint density at radius 2 is 0.446 bits per heavy atom. The van der Waals surface area contributed by atoms with E-state index in [1.54, 1.807) is 18.7 Å². The number of aromatic nitrogens is 12. The third kappa shape index (κ3) is 34.0. The van der Waals surface area contributed by atoms with Crippen LogP contribution in [0.4, 0.5) is 0 Å². The van der Waals surface area contributed by atoms with Crippen LogP contribution in [0.5, 0.6) is 46.0 Å². The van der Waals surface area contributed by atoms with Crippen molar-refractivity contribution in [3.63, 3.8) is 0 Å². The summed E-state index contributed by atoms with van der Waals surface area (Å²) in [4.78, 5) is 0. The fourth-order valence-electron chi connectivity index (χ4n) is 13.6. The van der Waals surface area contributed by atoms with Gasteiger partial charge in [0.05, 0.1) is 94.1 Å². The van der Waals surface area contributed by atoms with Crippen LogP contribution in [0.2, 0.25) is 15.1 Å². The van der Waals surface area contributed by atoms with E-state index in [9.17, 15) is 40.9 Å². The fourth-order valence-corrected chi connectivity index (χ4v) is 17.0. The van der Waals surface area contributed by atoms with Gasteiger partial charge in [0.15, 0.2) is 0 Å². The number of nitrogens with zero attached hydrogens (tertiary/aromatic N) is 12. The van der Waals surface area contributed by atoms with Gasteiger partial charge in [0.25, 0.3) is 0 Å². The van der Waals surface area contributed by atoms with Crippen LogP contribution in [0.15, 0.2) is 176 Å². The van der Waals surface area contributed by atoms with E-state index in [-0.39, 0.29) is 118 Å². The van der Waals surface area contributed by atoms with Crippen molar-refractivity contribution in [3.05, 3.63) is 273 Å². The van der Waals surface area contributed by atoms with E-state index in [0.29, 0.717) is 149 Å². The summed E-state index contributed by atoms with van der Waals surface area (Å²) < 4.78 is 55.3. The van der Waals surface area contributed by atoms with E-state index in [4.69, 9.17) is 119 Å². The Morgan fingerprint density at radius 1 is 0.273 bits per heavy atom. The Bertz CT molecular complexity index is 5340. The largest absolute Gasteiger partial charge is 0.493 e. The second kappa shape index (κ2) is 56.2. The van der Waals surface area contributed by atoms with Crippen molar-refractivity contribution in [1.82, 2.24) is 60.0 Å². The van der Waals surface area contributed by atoms with Crippen molar-refractivity contribution >= 4 is 172 Å². The number of hydrogen-bond donors (Lipinski definition) is 8. The summed E-state index contributed by atoms with van der Waals surface area (Å²) in [6, 6.07) is 57.1. The zero-order chi connectivity index (χ0) is 101. The van der Waals surface area contributed by atoms with Gasteiger partial charge in [-0.1, -0.05) is 218 Å². The van der Waals surface area contributed by atoms with Gasteiger partial charge in [0, 0.05) is 68.9 Å². The van der Waals surface area contributed by atoms with Crippen LogP contribution in [0.25, 0.3) is 0 Å². The van der Waals surface area contributed by atoms with Crippen LogP contribution in [0.1, 0.15) is 150 Å². The number of halogens is 11. The highest BCUT2D eigenvalue weighted by molar-refractivity contribution is 14.1. The number of aliphatic hydroxyl groups is 8. The van der Waals surface area contributed by atoms with E-state index in [2.05, 4.69) is 116 Å². The zero-order valence-corrected chi connectivity index (χ0v) is 93.3. The summed E-state index contributed by atoms with van der Waals surface area (Å²) in [5.41, 5.74) is 9.69. The van der Waals surface area contributed by atoms with Gasteiger partial charge < -0.3 is 78.7 Å². The van der Waals surface area contributed by atoms with Crippen LogP contribution in [-0.4, -0.2) is 202 Å². The minimum atomic E-state index is -0.775. The Labute approximate surface area is 902 Å². The molecule has 0 amide bonds. The lowest BCUT2D eigenvalue weighted by Crippen LogP contribution is -2.25. The molecule has 12 rings (SSSR count). The normalized spacial score (nSPS) is 13.5. The SMILES string of the molecule is CC(CCl)COc1ccc(C(C)(C)c2ccc(OCC(O)Cn3nnc(CO)c3[123I])cc2)cc1Cl.C[C@@H](CCl)COc1ccc(C(C)(C)c2ccc(OC[C@@H](O)Cn3nnc(CO)c3[123I])cc2)cc1Cl.C[C@H](CCl)COc1ccc(C(C)(C)c2ccc(OC[C@@H](O)Cn3nnc(CO)c3[123I])cc2)cc1.C[C@H](CCl)COc1ccc(C(C)(C)c2ccc(OC[C@H](O)Cn3nnc(CO)c3[123I])cc2)cc1Cl. The Balaban J connectivity index is 0.000000207. The van der Waals surface area contributed by atoms with Crippen molar-refractivity contribution in [2.75, 3.05) is 76.4 Å². The van der Waals surface area contributed by atoms with Gasteiger partial charge in [-0.15, -0.1) is 66.8 Å². The number of hydrogen-bond acceptors (Lipinski definition) is 24. The van der Waals surface area contributed by atoms with Crippen LogP contribution in [0.3, 0.4) is 0 Å². The molecule has 4 heterocycles. The Hall–Kier alpha value is -6.65. The predicted molar refractivity (Wildman–Crippen MR) is 577 cm³/mol. The summed E-state index contributed by atoms with van der Waals surface area (Å²) in [6.45, 7) is 28.0. The molecule has 0 spiro atoms. The zero-order valence-electron chi connectivity index (χ0n) is 79.4. The summed E-state index contributed by atoms with van der Waals surface area (Å²) in [6.07, 6.45) is -3.08. The molecule has 139 heavy (non-hydrogen) atoms. The molecule has 12 aromatic rings. The topological polar surface area (TPSA) is 359 Å². The van der Waals surface area contributed by atoms with Crippen LogP contribution < -0.4 is 37.9 Å². The molecular weight excluding hydrogens is 2360 g/mol. The van der Waals surface area contributed by atoms with Crippen LogP contribution in [0, 0.1) is 38.5 Å². The molecule has 8 atom stereocenters. The Morgan fingerprint density at radius 3 is 0.619 bits per heavy atom. The molecule has 4 aromatic heterocycles. The van der Waals surface area contributed by atoms with Crippen molar-refractivity contribution in [2.24, 2.45) is 23.7 Å². The van der Waals surface area contributed by atoms with Gasteiger partial charge in [0.1, 0.15) is 134 Å². The number of aliphatic hydroxyl groups excluding tert-OH is 8. The van der Waals surface area contributed by atoms with Crippen molar-refractivity contribution in [1.29, 1.82) is 0 Å². The molecular formula is C100H121Cl7I4N12O16. The lowest BCUT2D eigenvalue weighted by molar-refractivity contribution is 0.0880. The molecule has 0 fully saturated rings. The predicted octanol–water partition coefficient (Wildman–Crippen LogP) is 19.5. The lowest BCUT2D eigenvalue weighted by Gasteiger charge is -2.27. The molecule has 8 aromatic carbocycles. The van der Waals surface area contributed by atoms with Gasteiger partial charge in [-0.25, -0.2) is 18.7 Å². The Kier molecular flexibility index (Phi) is 46.8. The highest BCUT2D eigenvalue weighted by Gasteiger charge is 2.31. The third-order valence-corrected chi connectivity index (χ3v) is 30.6. The average molecular weight is 2490 g/mol. The smallest absolute Gasteiger partial charge is 0.137 e. The number of ether oxygens (including phenoxy) is 8. The first-order chi connectivity index (χ1) is 66.2. The maximum Gasteiger partial charge on any atom is 0.137 e. The number of alkyl halides is 4. The third-order valence-electron chi connectivity index (χ3n) is 22.9. The summed E-state index contributed by atoms with van der Waals surface area (Å²) in [5, 5.41) is 111. The molecule has 0 saturated heterocycles.